The molecule has 0 saturated heterocycles. The molecular formula is C43H34O2. The van der Waals surface area contributed by atoms with Crippen LogP contribution in [0.4, 0.5) is 0 Å². The number of hydrogen-bond acceptors (Lipinski definition) is 2. The van der Waals surface area contributed by atoms with Crippen molar-refractivity contribution in [3.8, 4) is 33.4 Å². The Morgan fingerprint density at radius 1 is 0.422 bits per heavy atom. The summed E-state index contributed by atoms with van der Waals surface area (Å²) >= 11 is 0. The van der Waals surface area contributed by atoms with Gasteiger partial charge in [-0.25, -0.2) is 0 Å². The minimum Gasteiger partial charge on any atom is -0.395 e. The SMILES string of the molecule is OCC1(Cc2ccc3c(c2CC2(CO)c4ccccc4-c4ccccc42)Cc2ccccc2-3)c2ccccc2-c2ccccc21. The molecule has 0 unspecified atom stereocenters. The number of hydrogen-bond donors (Lipinski definition) is 2. The molecule has 0 radical (unpaired) electrons. The molecule has 218 valence electrons. The standard InChI is InChI=1S/C43H34O2/c44-26-42(38-17-7-3-13-32(38)33-14-4-8-18-39(33)42)24-29-21-22-31-30-12-2-1-11-28(30)23-36(31)37(29)25-43(27-45)40-19-9-5-15-34(40)35-16-6-10-20-41(35)43/h1-22,44-45H,23-27H2. The van der Waals surface area contributed by atoms with Crippen LogP contribution in [0.2, 0.25) is 0 Å². The highest BCUT2D eigenvalue weighted by molar-refractivity contribution is 5.84. The summed E-state index contributed by atoms with van der Waals surface area (Å²) in [5.41, 5.74) is 16.4. The molecule has 0 aromatic heterocycles. The summed E-state index contributed by atoms with van der Waals surface area (Å²) in [4.78, 5) is 0. The van der Waals surface area contributed by atoms with Crippen LogP contribution in [0.15, 0.2) is 133 Å². The Balaban J connectivity index is 1.28. The van der Waals surface area contributed by atoms with Gasteiger partial charge in [0.25, 0.3) is 0 Å². The second-order valence-electron chi connectivity index (χ2n) is 13.1. The number of aliphatic hydroxyl groups is 2. The summed E-state index contributed by atoms with van der Waals surface area (Å²) in [5.74, 6) is 0. The van der Waals surface area contributed by atoms with Crippen LogP contribution in [-0.2, 0) is 30.1 Å². The molecule has 0 aliphatic heterocycles. The molecule has 0 atom stereocenters. The molecule has 0 heterocycles. The molecule has 6 aromatic carbocycles. The van der Waals surface area contributed by atoms with Crippen LogP contribution in [0.25, 0.3) is 33.4 Å². The van der Waals surface area contributed by atoms with E-state index < -0.39 is 10.8 Å². The molecule has 0 spiro atoms. The molecule has 0 amide bonds. The zero-order chi connectivity index (χ0) is 30.2. The molecule has 2 nitrogen and oxygen atoms in total. The fourth-order valence-electron chi connectivity index (χ4n) is 9.00. The minimum absolute atomic E-state index is 0.0217. The van der Waals surface area contributed by atoms with Gasteiger partial charge in [0.15, 0.2) is 0 Å². The van der Waals surface area contributed by atoms with E-state index in [4.69, 9.17) is 0 Å². The minimum atomic E-state index is -0.566. The van der Waals surface area contributed by atoms with Crippen molar-refractivity contribution in [2.45, 2.75) is 30.1 Å². The van der Waals surface area contributed by atoms with Gasteiger partial charge in [-0.05, 0) is 97.2 Å². The monoisotopic (exact) mass is 582 g/mol. The highest BCUT2D eigenvalue weighted by Gasteiger charge is 2.46. The summed E-state index contributed by atoms with van der Waals surface area (Å²) < 4.78 is 0. The predicted octanol–water partition coefficient (Wildman–Crippen LogP) is 8.26. The van der Waals surface area contributed by atoms with E-state index in [9.17, 15) is 10.2 Å². The van der Waals surface area contributed by atoms with Gasteiger partial charge in [0.1, 0.15) is 0 Å². The Hall–Kier alpha value is -4.76. The Labute approximate surface area is 264 Å². The van der Waals surface area contributed by atoms with Gasteiger partial charge in [-0.3, -0.25) is 0 Å². The summed E-state index contributed by atoms with van der Waals surface area (Å²) in [6.07, 6.45) is 2.24. The van der Waals surface area contributed by atoms with Crippen LogP contribution in [0.3, 0.4) is 0 Å². The molecule has 45 heavy (non-hydrogen) atoms. The summed E-state index contributed by atoms with van der Waals surface area (Å²) in [6.45, 7) is 0.0441. The van der Waals surface area contributed by atoms with Crippen molar-refractivity contribution in [2.75, 3.05) is 13.2 Å². The van der Waals surface area contributed by atoms with Gasteiger partial charge < -0.3 is 10.2 Å². The predicted molar refractivity (Wildman–Crippen MR) is 182 cm³/mol. The third kappa shape index (κ3) is 3.58. The van der Waals surface area contributed by atoms with Gasteiger partial charge >= 0.3 is 0 Å². The molecule has 3 aliphatic carbocycles. The lowest BCUT2D eigenvalue weighted by Gasteiger charge is -2.35. The molecule has 3 aliphatic rings. The van der Waals surface area contributed by atoms with E-state index in [1.165, 1.54) is 77.9 Å². The zero-order valence-electron chi connectivity index (χ0n) is 25.1. The van der Waals surface area contributed by atoms with E-state index >= 15 is 0 Å². The van der Waals surface area contributed by atoms with Gasteiger partial charge in [0, 0.05) is 10.8 Å². The van der Waals surface area contributed by atoms with Crippen LogP contribution in [0, 0.1) is 0 Å². The molecule has 2 heteroatoms. The van der Waals surface area contributed by atoms with Crippen molar-refractivity contribution in [1.82, 2.24) is 0 Å². The third-order valence-corrected chi connectivity index (χ3v) is 11.1. The lowest BCUT2D eigenvalue weighted by Crippen LogP contribution is -2.35. The Kier molecular flexibility index (Phi) is 5.84. The Morgan fingerprint density at radius 3 is 1.33 bits per heavy atom. The van der Waals surface area contributed by atoms with E-state index in [0.717, 1.165) is 6.42 Å². The number of benzene rings is 6. The summed E-state index contributed by atoms with van der Waals surface area (Å²) in [7, 11) is 0. The van der Waals surface area contributed by atoms with E-state index in [-0.39, 0.29) is 13.2 Å². The van der Waals surface area contributed by atoms with E-state index in [0.29, 0.717) is 12.8 Å². The summed E-state index contributed by atoms with van der Waals surface area (Å²) in [6, 6.07) is 47.8. The fraction of sp³-hybridized carbons (Fsp3) is 0.163. The number of fused-ring (bicyclic) bond motifs is 9. The van der Waals surface area contributed by atoms with E-state index in [2.05, 4.69) is 133 Å². The summed E-state index contributed by atoms with van der Waals surface area (Å²) in [5, 5.41) is 22.9. The largest absolute Gasteiger partial charge is 0.395 e. The first-order chi connectivity index (χ1) is 22.2. The maximum atomic E-state index is 11.5. The van der Waals surface area contributed by atoms with Gasteiger partial charge in [-0.15, -0.1) is 0 Å². The van der Waals surface area contributed by atoms with E-state index in [1.807, 2.05) is 0 Å². The second kappa shape index (κ2) is 9.87. The van der Waals surface area contributed by atoms with Crippen molar-refractivity contribution in [3.05, 3.63) is 178 Å². The Bertz CT molecular complexity index is 2050. The van der Waals surface area contributed by atoms with Gasteiger partial charge in [0.05, 0.1) is 13.2 Å². The smallest absolute Gasteiger partial charge is 0.0572 e. The maximum Gasteiger partial charge on any atom is 0.0572 e. The maximum absolute atomic E-state index is 11.5. The normalized spacial score (nSPS) is 15.5. The average Bonchev–Trinajstić information content (AvgIpc) is 3.72. The van der Waals surface area contributed by atoms with Crippen LogP contribution in [0.1, 0.15) is 44.5 Å². The highest BCUT2D eigenvalue weighted by atomic mass is 16.3. The number of rotatable bonds is 6. The molecule has 0 bridgehead atoms. The van der Waals surface area contributed by atoms with Crippen LogP contribution < -0.4 is 0 Å². The first-order valence-corrected chi connectivity index (χ1v) is 16.0. The molecule has 0 fully saturated rings. The third-order valence-electron chi connectivity index (χ3n) is 11.1. The van der Waals surface area contributed by atoms with Crippen LogP contribution >= 0.6 is 0 Å². The van der Waals surface area contributed by atoms with E-state index in [1.54, 1.807) is 0 Å². The molecule has 2 N–H and O–H groups in total. The average molecular weight is 583 g/mol. The van der Waals surface area contributed by atoms with Gasteiger partial charge in [-0.1, -0.05) is 133 Å². The lowest BCUT2D eigenvalue weighted by molar-refractivity contribution is 0.217. The van der Waals surface area contributed by atoms with Crippen molar-refractivity contribution < 1.29 is 10.2 Å². The topological polar surface area (TPSA) is 40.5 Å². The molecular weight excluding hydrogens is 548 g/mol. The van der Waals surface area contributed by atoms with Crippen molar-refractivity contribution >= 4 is 0 Å². The van der Waals surface area contributed by atoms with Crippen LogP contribution in [-0.4, -0.2) is 23.4 Å². The highest BCUT2D eigenvalue weighted by Crippen LogP contribution is 2.54. The van der Waals surface area contributed by atoms with Crippen molar-refractivity contribution in [2.24, 2.45) is 0 Å². The molecule has 0 saturated carbocycles. The molecule has 6 aromatic rings. The second-order valence-corrected chi connectivity index (χ2v) is 13.1. The van der Waals surface area contributed by atoms with Gasteiger partial charge in [-0.2, -0.15) is 0 Å². The quantitative estimate of drug-likeness (QED) is 0.207. The number of aliphatic hydroxyl groups excluding tert-OH is 2. The molecule has 9 rings (SSSR count). The zero-order valence-corrected chi connectivity index (χ0v) is 25.1. The lowest BCUT2D eigenvalue weighted by atomic mass is 9.69. The van der Waals surface area contributed by atoms with Gasteiger partial charge in [0.2, 0.25) is 0 Å². The van der Waals surface area contributed by atoms with Crippen LogP contribution in [0.5, 0.6) is 0 Å². The van der Waals surface area contributed by atoms with Crippen molar-refractivity contribution in [3.63, 3.8) is 0 Å². The fourth-order valence-corrected chi connectivity index (χ4v) is 9.00. The first-order valence-electron chi connectivity index (χ1n) is 16.0. The first kappa shape index (κ1) is 26.6. The Morgan fingerprint density at radius 2 is 0.844 bits per heavy atom. The van der Waals surface area contributed by atoms with Crippen molar-refractivity contribution in [1.29, 1.82) is 0 Å².